The average Bonchev–Trinajstić information content (AvgIpc) is 2.35. The maximum Gasteiger partial charge on any atom is 0.260 e. The molecule has 1 amide bonds. The second-order valence-electron chi connectivity index (χ2n) is 3.28. The molecule has 0 unspecified atom stereocenters. The van der Waals surface area contributed by atoms with Crippen molar-refractivity contribution in [3.63, 3.8) is 0 Å². The molecule has 1 N–H and O–H groups in total. The molecular weight excluding hydrogens is 467 g/mol. The van der Waals surface area contributed by atoms with Crippen LogP contribution in [-0.2, 0) is 0 Å². The molecule has 98 valence electrons. The van der Waals surface area contributed by atoms with Gasteiger partial charge < -0.3 is 5.32 Å². The Bertz CT molecular complexity index is 653. The lowest BCUT2D eigenvalue weighted by molar-refractivity contribution is 0.102. The molecule has 0 aliphatic rings. The highest BCUT2D eigenvalue weighted by molar-refractivity contribution is 9.11. The first-order valence-electron chi connectivity index (χ1n) is 4.78. The Kier molecular flexibility index (Phi) is 4.88. The zero-order valence-electron chi connectivity index (χ0n) is 8.99. The smallest absolute Gasteiger partial charge is 0.260 e. The number of halogens is 4. The lowest BCUT2D eigenvalue weighted by atomic mass is 10.2. The predicted octanol–water partition coefficient (Wildman–Crippen LogP) is 4.06. The minimum Gasteiger partial charge on any atom is -0.304 e. The summed E-state index contributed by atoms with van der Waals surface area (Å²) >= 11 is 15.5. The molecule has 0 spiro atoms. The maximum absolute atomic E-state index is 12.1. The SMILES string of the molecule is O=C(Nc1ncc(Br)nc1Br)c1cc(Br)cnc1Cl. The van der Waals surface area contributed by atoms with Crippen LogP contribution >= 0.6 is 59.4 Å². The lowest BCUT2D eigenvalue weighted by Crippen LogP contribution is -2.15. The second-order valence-corrected chi connectivity index (χ2v) is 6.12. The van der Waals surface area contributed by atoms with E-state index in [1.54, 1.807) is 6.07 Å². The Morgan fingerprint density at radius 1 is 1.21 bits per heavy atom. The largest absolute Gasteiger partial charge is 0.304 e. The number of hydrogen-bond donors (Lipinski definition) is 1. The maximum atomic E-state index is 12.1. The van der Waals surface area contributed by atoms with Crippen molar-refractivity contribution in [2.45, 2.75) is 0 Å². The minimum absolute atomic E-state index is 0.113. The molecule has 2 heterocycles. The van der Waals surface area contributed by atoms with Gasteiger partial charge in [-0.15, -0.1) is 0 Å². The number of hydrogen-bond acceptors (Lipinski definition) is 4. The predicted molar refractivity (Wildman–Crippen MR) is 82.3 cm³/mol. The molecule has 2 rings (SSSR count). The van der Waals surface area contributed by atoms with E-state index in [0.29, 0.717) is 19.5 Å². The van der Waals surface area contributed by atoms with Crippen molar-refractivity contribution in [1.29, 1.82) is 0 Å². The van der Waals surface area contributed by atoms with Crippen LogP contribution in [0.3, 0.4) is 0 Å². The minimum atomic E-state index is -0.420. The Morgan fingerprint density at radius 2 is 1.95 bits per heavy atom. The molecular formula is C10H4Br3ClN4O. The van der Waals surface area contributed by atoms with E-state index in [1.807, 2.05) is 0 Å². The standard InChI is InChI=1S/C10H4Br3ClN4O/c11-4-1-5(8(14)15-2-4)10(19)18-9-7(13)17-6(12)3-16-9/h1-3H,(H,16,18,19). The van der Waals surface area contributed by atoms with Gasteiger partial charge in [-0.3, -0.25) is 4.79 Å². The highest BCUT2D eigenvalue weighted by Crippen LogP contribution is 2.22. The zero-order chi connectivity index (χ0) is 14.0. The fraction of sp³-hybridized carbons (Fsp3) is 0. The summed E-state index contributed by atoms with van der Waals surface area (Å²) in [4.78, 5) is 24.0. The molecule has 9 heteroatoms. The Balaban J connectivity index is 2.28. The lowest BCUT2D eigenvalue weighted by Gasteiger charge is -2.07. The topological polar surface area (TPSA) is 67.8 Å². The van der Waals surface area contributed by atoms with Crippen LogP contribution in [0.1, 0.15) is 10.4 Å². The van der Waals surface area contributed by atoms with Crippen LogP contribution in [-0.4, -0.2) is 20.9 Å². The van der Waals surface area contributed by atoms with E-state index in [4.69, 9.17) is 11.6 Å². The van der Waals surface area contributed by atoms with Crippen molar-refractivity contribution in [2.24, 2.45) is 0 Å². The van der Waals surface area contributed by atoms with Crippen LogP contribution in [0, 0.1) is 0 Å². The van der Waals surface area contributed by atoms with E-state index in [1.165, 1.54) is 12.4 Å². The van der Waals surface area contributed by atoms with E-state index in [0.717, 1.165) is 0 Å². The molecule has 0 saturated carbocycles. The van der Waals surface area contributed by atoms with Crippen molar-refractivity contribution >= 4 is 71.1 Å². The molecule has 0 aromatic carbocycles. The monoisotopic (exact) mass is 468 g/mol. The van der Waals surface area contributed by atoms with Crippen molar-refractivity contribution in [1.82, 2.24) is 15.0 Å². The number of nitrogens with one attached hydrogen (secondary N) is 1. The van der Waals surface area contributed by atoms with Gasteiger partial charge in [-0.2, -0.15) is 0 Å². The molecule has 0 bridgehead atoms. The third-order valence-electron chi connectivity index (χ3n) is 1.98. The van der Waals surface area contributed by atoms with Crippen LogP contribution in [0.5, 0.6) is 0 Å². The van der Waals surface area contributed by atoms with Gasteiger partial charge >= 0.3 is 0 Å². The highest BCUT2D eigenvalue weighted by Gasteiger charge is 2.15. The number of amides is 1. The van der Waals surface area contributed by atoms with Gasteiger partial charge in [-0.1, -0.05) is 11.6 Å². The van der Waals surface area contributed by atoms with Gasteiger partial charge in [0, 0.05) is 10.7 Å². The van der Waals surface area contributed by atoms with Gasteiger partial charge in [0.1, 0.15) is 14.4 Å². The molecule has 0 aliphatic heterocycles. The number of aromatic nitrogens is 3. The van der Waals surface area contributed by atoms with Crippen LogP contribution in [0.15, 0.2) is 32.1 Å². The molecule has 0 aliphatic carbocycles. The van der Waals surface area contributed by atoms with Gasteiger partial charge in [-0.25, -0.2) is 15.0 Å². The van der Waals surface area contributed by atoms with Crippen LogP contribution < -0.4 is 5.32 Å². The highest BCUT2D eigenvalue weighted by atomic mass is 79.9. The number of nitrogens with zero attached hydrogens (tertiary/aromatic N) is 3. The quantitative estimate of drug-likeness (QED) is 0.671. The van der Waals surface area contributed by atoms with Gasteiger partial charge in [0.2, 0.25) is 0 Å². The average molecular weight is 471 g/mol. The second kappa shape index (κ2) is 6.25. The Hall–Kier alpha value is -0.570. The summed E-state index contributed by atoms with van der Waals surface area (Å²) in [5.41, 5.74) is 0.243. The normalized spacial score (nSPS) is 10.3. The van der Waals surface area contributed by atoms with E-state index in [9.17, 15) is 4.79 Å². The van der Waals surface area contributed by atoms with E-state index >= 15 is 0 Å². The van der Waals surface area contributed by atoms with E-state index in [-0.39, 0.29) is 10.7 Å². The summed E-state index contributed by atoms with van der Waals surface area (Å²) in [7, 11) is 0. The Morgan fingerprint density at radius 3 is 2.63 bits per heavy atom. The van der Waals surface area contributed by atoms with E-state index < -0.39 is 5.91 Å². The van der Waals surface area contributed by atoms with Gasteiger partial charge in [0.15, 0.2) is 5.82 Å². The van der Waals surface area contributed by atoms with Gasteiger partial charge in [0.05, 0.1) is 11.8 Å². The molecule has 0 atom stereocenters. The van der Waals surface area contributed by atoms with Crippen molar-refractivity contribution < 1.29 is 4.79 Å². The van der Waals surface area contributed by atoms with Gasteiger partial charge in [-0.05, 0) is 53.9 Å². The number of carbonyl (C=O) groups is 1. The Labute approximate surface area is 138 Å². The molecule has 0 radical (unpaired) electrons. The summed E-state index contributed by atoms with van der Waals surface area (Å²) in [5, 5.41) is 2.71. The van der Waals surface area contributed by atoms with Crippen molar-refractivity contribution in [3.05, 3.63) is 42.9 Å². The first-order chi connectivity index (χ1) is 8.97. The van der Waals surface area contributed by atoms with E-state index in [2.05, 4.69) is 68.1 Å². The fourth-order valence-corrected chi connectivity index (χ4v) is 2.62. The zero-order valence-corrected chi connectivity index (χ0v) is 14.5. The van der Waals surface area contributed by atoms with Crippen molar-refractivity contribution in [3.8, 4) is 0 Å². The number of pyridine rings is 1. The molecule has 0 fully saturated rings. The van der Waals surface area contributed by atoms with Crippen LogP contribution in [0.25, 0.3) is 0 Å². The van der Waals surface area contributed by atoms with Gasteiger partial charge in [0.25, 0.3) is 5.91 Å². The summed E-state index contributed by atoms with van der Waals surface area (Å²) in [5.74, 6) is -0.125. The summed E-state index contributed by atoms with van der Waals surface area (Å²) in [6.07, 6.45) is 2.98. The molecule has 2 aromatic heterocycles. The summed E-state index contributed by atoms with van der Waals surface area (Å²) in [6, 6.07) is 1.57. The third kappa shape index (κ3) is 3.71. The van der Waals surface area contributed by atoms with Crippen LogP contribution in [0.2, 0.25) is 5.15 Å². The molecule has 19 heavy (non-hydrogen) atoms. The van der Waals surface area contributed by atoms with Crippen molar-refractivity contribution in [2.75, 3.05) is 5.32 Å². The molecule has 2 aromatic rings. The number of rotatable bonds is 2. The first kappa shape index (κ1) is 14.8. The summed E-state index contributed by atoms with van der Waals surface area (Å²) < 4.78 is 1.62. The fourth-order valence-electron chi connectivity index (χ4n) is 1.19. The van der Waals surface area contributed by atoms with Crippen LogP contribution in [0.4, 0.5) is 5.82 Å². The first-order valence-corrected chi connectivity index (χ1v) is 7.53. The molecule has 0 saturated heterocycles. The third-order valence-corrected chi connectivity index (χ3v) is 3.65. The number of carbonyl (C=O) groups excluding carboxylic acids is 1. The number of anilines is 1. The molecule has 5 nitrogen and oxygen atoms in total. The summed E-state index contributed by atoms with van der Waals surface area (Å²) in [6.45, 7) is 0.